The van der Waals surface area contributed by atoms with E-state index in [0.29, 0.717) is 12.2 Å². The largest absolute Gasteiger partial charge is 0.379 e. The summed E-state index contributed by atoms with van der Waals surface area (Å²) in [6, 6.07) is 3.65. The predicted octanol–water partition coefficient (Wildman–Crippen LogP) is 1.04. The van der Waals surface area contributed by atoms with Gasteiger partial charge in [0.25, 0.3) is 5.69 Å². The van der Waals surface area contributed by atoms with E-state index < -0.39 is 14.9 Å². The van der Waals surface area contributed by atoms with E-state index in [1.54, 1.807) is 0 Å². The quantitative estimate of drug-likeness (QED) is 0.547. The lowest BCUT2D eigenvalue weighted by Gasteiger charge is -2.34. The van der Waals surface area contributed by atoms with Crippen molar-refractivity contribution in [1.29, 1.82) is 0 Å². The van der Waals surface area contributed by atoms with Crippen molar-refractivity contribution in [3.05, 3.63) is 28.3 Å². The molecule has 2 rings (SSSR count). The Morgan fingerprint density at radius 1 is 1.41 bits per heavy atom. The first kappa shape index (κ1) is 16.7. The number of sulfonamides is 1. The lowest BCUT2D eigenvalue weighted by molar-refractivity contribution is -0.384. The number of anilines is 1. The second-order valence-corrected chi connectivity index (χ2v) is 7.46. The molecular weight excluding hydrogens is 308 g/mol. The maximum absolute atomic E-state index is 11.3. The van der Waals surface area contributed by atoms with Gasteiger partial charge < -0.3 is 10.6 Å². The molecule has 1 fully saturated rings. The van der Waals surface area contributed by atoms with E-state index in [1.807, 2.05) is 0 Å². The van der Waals surface area contributed by atoms with Gasteiger partial charge in [0, 0.05) is 12.6 Å². The summed E-state index contributed by atoms with van der Waals surface area (Å²) in [7, 11) is -3.96. The SMILES string of the molecule is CC1(CNc2ccc(S(N)(=O)=O)cc2[N+](=O)[O-])CCNCC1. The summed E-state index contributed by atoms with van der Waals surface area (Å²) in [5.41, 5.74) is 0.0683. The van der Waals surface area contributed by atoms with Crippen LogP contribution in [0.3, 0.4) is 0 Å². The average molecular weight is 328 g/mol. The normalized spacial score (nSPS) is 17.9. The highest BCUT2D eigenvalue weighted by atomic mass is 32.2. The highest BCUT2D eigenvalue weighted by molar-refractivity contribution is 7.89. The van der Waals surface area contributed by atoms with Gasteiger partial charge in [-0.3, -0.25) is 10.1 Å². The Bertz CT molecular complexity index is 669. The van der Waals surface area contributed by atoms with E-state index in [-0.39, 0.29) is 16.0 Å². The highest BCUT2D eigenvalue weighted by Crippen LogP contribution is 2.31. The number of rotatable bonds is 5. The monoisotopic (exact) mass is 328 g/mol. The minimum Gasteiger partial charge on any atom is -0.379 e. The van der Waals surface area contributed by atoms with Gasteiger partial charge in [0.2, 0.25) is 10.0 Å². The first-order chi connectivity index (χ1) is 10.2. The van der Waals surface area contributed by atoms with Crippen LogP contribution in [0.5, 0.6) is 0 Å². The van der Waals surface area contributed by atoms with Gasteiger partial charge in [-0.25, -0.2) is 13.6 Å². The Hall–Kier alpha value is -1.71. The molecule has 0 unspecified atom stereocenters. The molecule has 1 aromatic carbocycles. The molecule has 1 heterocycles. The van der Waals surface area contributed by atoms with Gasteiger partial charge in [-0.1, -0.05) is 6.92 Å². The van der Waals surface area contributed by atoms with Crippen LogP contribution in [0.15, 0.2) is 23.1 Å². The molecule has 0 atom stereocenters. The van der Waals surface area contributed by atoms with E-state index >= 15 is 0 Å². The molecule has 0 amide bonds. The zero-order chi connectivity index (χ0) is 16.4. The van der Waals surface area contributed by atoms with Crippen molar-refractivity contribution in [2.45, 2.75) is 24.7 Å². The van der Waals surface area contributed by atoms with Crippen LogP contribution in [0.25, 0.3) is 0 Å². The van der Waals surface area contributed by atoms with E-state index in [4.69, 9.17) is 5.14 Å². The molecule has 0 spiro atoms. The Labute approximate surface area is 129 Å². The van der Waals surface area contributed by atoms with Crippen LogP contribution in [-0.4, -0.2) is 33.0 Å². The number of primary sulfonamides is 1. The second-order valence-electron chi connectivity index (χ2n) is 5.90. The molecular formula is C13H20N4O4S. The molecule has 9 heteroatoms. The molecule has 122 valence electrons. The zero-order valence-corrected chi connectivity index (χ0v) is 13.1. The predicted molar refractivity (Wildman–Crippen MR) is 83.2 cm³/mol. The number of nitro benzene ring substituents is 1. The van der Waals surface area contributed by atoms with Gasteiger partial charge in [0.05, 0.1) is 9.82 Å². The molecule has 0 bridgehead atoms. The van der Waals surface area contributed by atoms with Crippen molar-refractivity contribution in [2.24, 2.45) is 10.6 Å². The third-order valence-corrected chi connectivity index (χ3v) is 4.92. The lowest BCUT2D eigenvalue weighted by atomic mass is 9.81. The van der Waals surface area contributed by atoms with Gasteiger partial charge in [-0.2, -0.15) is 0 Å². The molecule has 8 nitrogen and oxygen atoms in total. The summed E-state index contributed by atoms with van der Waals surface area (Å²) in [6.07, 6.45) is 1.95. The van der Waals surface area contributed by atoms with E-state index in [0.717, 1.165) is 32.0 Å². The van der Waals surface area contributed by atoms with Crippen molar-refractivity contribution in [2.75, 3.05) is 25.0 Å². The molecule has 0 radical (unpaired) electrons. The summed E-state index contributed by atoms with van der Waals surface area (Å²) >= 11 is 0. The molecule has 1 aromatic rings. The van der Waals surface area contributed by atoms with Crippen molar-refractivity contribution >= 4 is 21.4 Å². The lowest BCUT2D eigenvalue weighted by Crippen LogP contribution is -2.39. The van der Waals surface area contributed by atoms with Gasteiger partial charge >= 0.3 is 0 Å². The Balaban J connectivity index is 2.21. The second kappa shape index (κ2) is 6.19. The number of nitrogens with two attached hydrogens (primary N) is 1. The molecule has 1 aliphatic rings. The minimum absolute atomic E-state index is 0.0533. The number of nitro groups is 1. The van der Waals surface area contributed by atoms with Crippen LogP contribution in [0.4, 0.5) is 11.4 Å². The zero-order valence-electron chi connectivity index (χ0n) is 12.3. The van der Waals surface area contributed by atoms with Crippen LogP contribution in [-0.2, 0) is 10.0 Å². The number of hydrogen-bond acceptors (Lipinski definition) is 6. The van der Waals surface area contributed by atoms with Gasteiger partial charge in [-0.15, -0.1) is 0 Å². The molecule has 0 saturated carbocycles. The number of hydrogen-bond donors (Lipinski definition) is 3. The van der Waals surface area contributed by atoms with Crippen LogP contribution in [0.2, 0.25) is 0 Å². The summed E-state index contributed by atoms with van der Waals surface area (Å²) in [5.74, 6) is 0. The summed E-state index contributed by atoms with van der Waals surface area (Å²) < 4.78 is 22.6. The fourth-order valence-corrected chi connectivity index (χ4v) is 3.04. The van der Waals surface area contributed by atoms with E-state index in [9.17, 15) is 18.5 Å². The van der Waals surface area contributed by atoms with Crippen molar-refractivity contribution < 1.29 is 13.3 Å². The molecule has 0 aromatic heterocycles. The average Bonchev–Trinajstić information content (AvgIpc) is 2.44. The molecule has 4 N–H and O–H groups in total. The molecule has 22 heavy (non-hydrogen) atoms. The van der Waals surface area contributed by atoms with Crippen LogP contribution < -0.4 is 15.8 Å². The van der Waals surface area contributed by atoms with Crippen molar-refractivity contribution in [1.82, 2.24) is 5.32 Å². The first-order valence-electron chi connectivity index (χ1n) is 6.97. The number of piperidine rings is 1. The molecule has 1 saturated heterocycles. The topological polar surface area (TPSA) is 127 Å². The van der Waals surface area contributed by atoms with Gasteiger partial charge in [-0.05, 0) is 43.5 Å². The Kier molecular flexibility index (Phi) is 4.69. The van der Waals surface area contributed by atoms with Crippen molar-refractivity contribution in [3.63, 3.8) is 0 Å². The smallest absolute Gasteiger partial charge is 0.293 e. The fourth-order valence-electron chi connectivity index (χ4n) is 2.50. The standard InChI is InChI=1S/C13H20N4O4S/c1-13(4-6-15-7-5-13)9-16-11-3-2-10(22(14,20)21)8-12(11)17(18)19/h2-3,8,15-16H,4-7,9H2,1H3,(H2,14,20,21). The number of nitrogens with zero attached hydrogens (tertiary/aromatic N) is 1. The summed E-state index contributed by atoms with van der Waals surface area (Å²) in [4.78, 5) is 10.3. The third kappa shape index (κ3) is 3.93. The van der Waals surface area contributed by atoms with E-state index in [1.165, 1.54) is 12.1 Å². The molecule has 1 aliphatic heterocycles. The molecule has 0 aliphatic carbocycles. The maximum Gasteiger partial charge on any atom is 0.293 e. The van der Waals surface area contributed by atoms with Crippen molar-refractivity contribution in [3.8, 4) is 0 Å². The Morgan fingerprint density at radius 2 is 2.05 bits per heavy atom. The first-order valence-corrected chi connectivity index (χ1v) is 8.52. The van der Waals surface area contributed by atoms with Crippen LogP contribution in [0.1, 0.15) is 19.8 Å². The summed E-state index contributed by atoms with van der Waals surface area (Å²) in [5, 5.41) is 22.5. The summed E-state index contributed by atoms with van der Waals surface area (Å²) in [6.45, 7) is 4.56. The van der Waals surface area contributed by atoms with Crippen LogP contribution in [0, 0.1) is 15.5 Å². The van der Waals surface area contributed by atoms with Gasteiger partial charge in [0.1, 0.15) is 5.69 Å². The Morgan fingerprint density at radius 3 is 2.59 bits per heavy atom. The third-order valence-electron chi connectivity index (χ3n) is 4.01. The van der Waals surface area contributed by atoms with Gasteiger partial charge in [0.15, 0.2) is 0 Å². The number of benzene rings is 1. The minimum atomic E-state index is -3.96. The highest BCUT2D eigenvalue weighted by Gasteiger charge is 2.27. The number of nitrogens with one attached hydrogen (secondary N) is 2. The van der Waals surface area contributed by atoms with Crippen LogP contribution >= 0.6 is 0 Å². The van der Waals surface area contributed by atoms with E-state index in [2.05, 4.69) is 17.6 Å². The maximum atomic E-state index is 11.3. The fraction of sp³-hybridized carbons (Fsp3) is 0.538.